The van der Waals surface area contributed by atoms with Gasteiger partial charge in [0.2, 0.25) is 0 Å². The number of aryl methyl sites for hydroxylation is 1. The first kappa shape index (κ1) is 14.5. The van der Waals surface area contributed by atoms with Crippen LogP contribution >= 0.6 is 0 Å². The van der Waals surface area contributed by atoms with Crippen molar-refractivity contribution in [2.75, 3.05) is 0 Å². The minimum Gasteiger partial charge on any atom is -0.484 e. The van der Waals surface area contributed by atoms with E-state index in [4.69, 9.17) is 4.74 Å². The summed E-state index contributed by atoms with van der Waals surface area (Å²) in [6, 6.07) is 4.07. The lowest BCUT2D eigenvalue weighted by molar-refractivity contribution is 0.301. The summed E-state index contributed by atoms with van der Waals surface area (Å²) in [5.41, 5.74) is 2.20. The van der Waals surface area contributed by atoms with Gasteiger partial charge in [-0.15, -0.1) is 0 Å². The fourth-order valence-electron chi connectivity index (χ4n) is 1.64. The van der Waals surface area contributed by atoms with Crippen LogP contribution < -0.4 is 10.1 Å². The third kappa shape index (κ3) is 4.66. The van der Waals surface area contributed by atoms with Gasteiger partial charge in [-0.2, -0.15) is 5.10 Å². The summed E-state index contributed by atoms with van der Waals surface area (Å²) >= 11 is 0. The van der Waals surface area contributed by atoms with Crippen molar-refractivity contribution in [2.24, 2.45) is 7.05 Å². The molecule has 0 radical (unpaired) electrons. The summed E-state index contributed by atoms with van der Waals surface area (Å²) in [6.45, 7) is 7.72. The Hall–Kier alpha value is -1.88. The van der Waals surface area contributed by atoms with E-state index in [2.05, 4.69) is 42.2 Å². The number of rotatable bonds is 5. The van der Waals surface area contributed by atoms with E-state index in [1.54, 1.807) is 10.9 Å². The second kappa shape index (κ2) is 6.05. The second-order valence-corrected chi connectivity index (χ2v) is 5.90. The van der Waals surface area contributed by atoms with Crippen molar-refractivity contribution in [2.45, 2.75) is 39.5 Å². The van der Waals surface area contributed by atoms with Crippen LogP contribution in [0.2, 0.25) is 0 Å². The topological polar surface area (TPSA) is 52.0 Å². The Morgan fingerprint density at radius 3 is 2.60 bits per heavy atom. The molecule has 2 aromatic rings. The Kier molecular flexibility index (Phi) is 4.39. The van der Waals surface area contributed by atoms with Crippen LogP contribution in [-0.4, -0.2) is 20.3 Å². The van der Waals surface area contributed by atoms with Crippen molar-refractivity contribution in [1.82, 2.24) is 20.1 Å². The molecule has 0 aliphatic heterocycles. The van der Waals surface area contributed by atoms with Crippen molar-refractivity contribution in [3.8, 4) is 5.75 Å². The Labute approximate surface area is 120 Å². The van der Waals surface area contributed by atoms with Crippen LogP contribution in [0.4, 0.5) is 0 Å². The zero-order valence-electron chi connectivity index (χ0n) is 12.6. The predicted molar refractivity (Wildman–Crippen MR) is 78.4 cm³/mol. The van der Waals surface area contributed by atoms with Crippen LogP contribution in [0.5, 0.6) is 5.75 Å². The second-order valence-electron chi connectivity index (χ2n) is 5.90. The molecular formula is C15H22N4O. The number of ether oxygens (including phenoxy) is 1. The zero-order valence-corrected chi connectivity index (χ0v) is 12.6. The maximum Gasteiger partial charge on any atom is 0.157 e. The molecule has 0 saturated heterocycles. The summed E-state index contributed by atoms with van der Waals surface area (Å²) in [4.78, 5) is 4.41. The molecule has 0 aliphatic carbocycles. The third-order valence-electron chi connectivity index (χ3n) is 2.78. The highest BCUT2D eigenvalue weighted by Crippen LogP contribution is 2.10. The standard InChI is InChI=1S/C15H22N4O/c1-15(2,3)17-8-12-5-6-13(16-7-12)11-20-14-9-18-19(4)10-14/h5-7,9-10,17H,8,11H2,1-4H3. The lowest BCUT2D eigenvalue weighted by Crippen LogP contribution is -2.35. The van der Waals surface area contributed by atoms with Gasteiger partial charge in [0.05, 0.1) is 18.1 Å². The van der Waals surface area contributed by atoms with E-state index < -0.39 is 0 Å². The molecule has 1 N–H and O–H groups in total. The van der Waals surface area contributed by atoms with E-state index in [0.717, 1.165) is 18.0 Å². The van der Waals surface area contributed by atoms with Crippen LogP contribution in [0.1, 0.15) is 32.0 Å². The van der Waals surface area contributed by atoms with Crippen LogP contribution in [0.25, 0.3) is 0 Å². The van der Waals surface area contributed by atoms with E-state index >= 15 is 0 Å². The average Bonchev–Trinajstić information content (AvgIpc) is 2.80. The summed E-state index contributed by atoms with van der Waals surface area (Å²) in [5, 5.41) is 7.49. The van der Waals surface area contributed by atoms with Gasteiger partial charge in [-0.25, -0.2) is 0 Å². The van der Waals surface area contributed by atoms with E-state index in [1.165, 1.54) is 5.56 Å². The lowest BCUT2D eigenvalue weighted by atomic mass is 10.1. The van der Waals surface area contributed by atoms with Crippen molar-refractivity contribution in [3.63, 3.8) is 0 Å². The van der Waals surface area contributed by atoms with E-state index in [1.807, 2.05) is 25.5 Å². The molecule has 0 fully saturated rings. The molecule has 0 unspecified atom stereocenters. The van der Waals surface area contributed by atoms with Gasteiger partial charge in [0.25, 0.3) is 0 Å². The summed E-state index contributed by atoms with van der Waals surface area (Å²) in [5.74, 6) is 0.757. The average molecular weight is 274 g/mol. The normalized spacial score (nSPS) is 11.6. The third-order valence-corrected chi connectivity index (χ3v) is 2.78. The van der Waals surface area contributed by atoms with Gasteiger partial charge in [-0.05, 0) is 32.4 Å². The molecule has 0 bridgehead atoms. The van der Waals surface area contributed by atoms with Crippen molar-refractivity contribution < 1.29 is 4.74 Å². The summed E-state index contributed by atoms with van der Waals surface area (Å²) in [6.07, 6.45) is 5.42. The number of hydrogen-bond acceptors (Lipinski definition) is 4. The molecule has 0 atom stereocenters. The van der Waals surface area contributed by atoms with Crippen molar-refractivity contribution in [3.05, 3.63) is 42.0 Å². The Bertz CT molecular complexity index is 540. The molecule has 0 saturated carbocycles. The minimum atomic E-state index is 0.113. The number of aromatic nitrogens is 3. The van der Waals surface area contributed by atoms with Crippen LogP contribution in [0.15, 0.2) is 30.7 Å². The van der Waals surface area contributed by atoms with Crippen molar-refractivity contribution in [1.29, 1.82) is 0 Å². The number of nitrogens with one attached hydrogen (secondary N) is 1. The quantitative estimate of drug-likeness (QED) is 0.909. The van der Waals surface area contributed by atoms with E-state index in [-0.39, 0.29) is 5.54 Å². The smallest absolute Gasteiger partial charge is 0.157 e. The number of nitrogens with zero attached hydrogens (tertiary/aromatic N) is 3. The fraction of sp³-hybridized carbons (Fsp3) is 0.467. The maximum atomic E-state index is 5.61. The fourth-order valence-corrected chi connectivity index (χ4v) is 1.64. The summed E-state index contributed by atoms with van der Waals surface area (Å²) < 4.78 is 7.32. The van der Waals surface area contributed by atoms with Gasteiger partial charge >= 0.3 is 0 Å². The lowest BCUT2D eigenvalue weighted by Gasteiger charge is -2.20. The molecular weight excluding hydrogens is 252 g/mol. The Balaban J connectivity index is 1.85. The summed E-state index contributed by atoms with van der Waals surface area (Å²) in [7, 11) is 1.86. The van der Waals surface area contributed by atoms with E-state index in [0.29, 0.717) is 6.61 Å². The van der Waals surface area contributed by atoms with Gasteiger partial charge in [0.15, 0.2) is 5.75 Å². The molecule has 0 amide bonds. The van der Waals surface area contributed by atoms with Gasteiger partial charge in [-0.3, -0.25) is 9.67 Å². The Morgan fingerprint density at radius 1 is 1.25 bits per heavy atom. The van der Waals surface area contributed by atoms with Gasteiger partial charge in [-0.1, -0.05) is 6.07 Å². The molecule has 5 heteroatoms. The predicted octanol–water partition coefficient (Wildman–Crippen LogP) is 2.28. The van der Waals surface area contributed by atoms with Gasteiger partial charge in [0.1, 0.15) is 6.61 Å². The molecule has 2 rings (SSSR count). The van der Waals surface area contributed by atoms with Crippen LogP contribution in [0, 0.1) is 0 Å². The highest BCUT2D eigenvalue weighted by molar-refractivity contribution is 5.16. The first-order valence-corrected chi connectivity index (χ1v) is 6.73. The van der Waals surface area contributed by atoms with Gasteiger partial charge < -0.3 is 10.1 Å². The highest BCUT2D eigenvalue weighted by Gasteiger charge is 2.08. The molecule has 2 aromatic heterocycles. The zero-order chi connectivity index (χ0) is 14.6. The first-order chi connectivity index (χ1) is 9.42. The minimum absolute atomic E-state index is 0.113. The Morgan fingerprint density at radius 2 is 2.05 bits per heavy atom. The molecule has 0 spiro atoms. The van der Waals surface area contributed by atoms with E-state index in [9.17, 15) is 0 Å². The molecule has 108 valence electrons. The van der Waals surface area contributed by atoms with Crippen LogP contribution in [0.3, 0.4) is 0 Å². The first-order valence-electron chi connectivity index (χ1n) is 6.73. The van der Waals surface area contributed by atoms with Crippen LogP contribution in [-0.2, 0) is 20.2 Å². The SMILES string of the molecule is Cn1cc(OCc2ccc(CNC(C)(C)C)cn2)cn1. The number of pyridine rings is 1. The molecule has 0 aromatic carbocycles. The molecule has 20 heavy (non-hydrogen) atoms. The molecule has 2 heterocycles. The molecule has 0 aliphatic rings. The van der Waals surface area contributed by atoms with Gasteiger partial charge in [0, 0.05) is 25.3 Å². The number of hydrogen-bond donors (Lipinski definition) is 1. The molecule has 5 nitrogen and oxygen atoms in total. The largest absolute Gasteiger partial charge is 0.484 e. The van der Waals surface area contributed by atoms with Crippen molar-refractivity contribution >= 4 is 0 Å². The monoisotopic (exact) mass is 274 g/mol. The maximum absolute atomic E-state index is 5.61. The highest BCUT2D eigenvalue weighted by atomic mass is 16.5.